The Morgan fingerprint density at radius 3 is 2.73 bits per heavy atom. The lowest BCUT2D eigenvalue weighted by Gasteiger charge is -2.11. The highest BCUT2D eigenvalue weighted by Gasteiger charge is 2.28. The smallest absolute Gasteiger partial charge is 0.319 e. The molecule has 2 amide bonds. The van der Waals surface area contributed by atoms with E-state index in [9.17, 15) is 13.2 Å². The van der Waals surface area contributed by atoms with E-state index < -0.39 is 9.84 Å². The third-order valence-corrected chi connectivity index (χ3v) is 5.77. The topological polar surface area (TPSA) is 93.1 Å². The second-order valence-corrected chi connectivity index (χ2v) is 8.10. The number of urea groups is 1. The molecule has 1 unspecified atom stereocenters. The first-order valence-electron chi connectivity index (χ1n) is 7.61. The van der Waals surface area contributed by atoms with Crippen LogP contribution in [0.15, 0.2) is 0 Å². The fourth-order valence-corrected chi connectivity index (χ4v) is 4.60. The zero-order valence-corrected chi connectivity index (χ0v) is 14.2. The van der Waals surface area contributed by atoms with Gasteiger partial charge in [0, 0.05) is 13.1 Å². The van der Waals surface area contributed by atoms with Crippen molar-refractivity contribution in [3.63, 3.8) is 0 Å². The Hall–Kier alpha value is -1.57. The predicted molar refractivity (Wildman–Crippen MR) is 85.8 cm³/mol. The van der Waals surface area contributed by atoms with Gasteiger partial charge in [-0.05, 0) is 32.6 Å². The van der Waals surface area contributed by atoms with Crippen LogP contribution in [0, 0.1) is 19.8 Å². The van der Waals surface area contributed by atoms with Crippen molar-refractivity contribution in [1.82, 2.24) is 15.1 Å². The van der Waals surface area contributed by atoms with E-state index >= 15 is 0 Å². The molecule has 1 aliphatic rings. The quantitative estimate of drug-likeness (QED) is 0.856. The van der Waals surface area contributed by atoms with E-state index in [1.165, 1.54) is 0 Å². The Morgan fingerprint density at radius 1 is 1.41 bits per heavy atom. The summed E-state index contributed by atoms with van der Waals surface area (Å²) in [6.07, 6.45) is 1.60. The van der Waals surface area contributed by atoms with E-state index in [0.29, 0.717) is 13.0 Å². The van der Waals surface area contributed by atoms with E-state index in [-0.39, 0.29) is 23.5 Å². The van der Waals surface area contributed by atoms with Crippen LogP contribution >= 0.6 is 0 Å². The highest BCUT2D eigenvalue weighted by Crippen LogP contribution is 2.20. The van der Waals surface area contributed by atoms with Crippen molar-refractivity contribution >= 4 is 21.6 Å². The molecule has 1 aliphatic heterocycles. The zero-order chi connectivity index (χ0) is 16.3. The van der Waals surface area contributed by atoms with Crippen LogP contribution in [0.2, 0.25) is 0 Å². The summed E-state index contributed by atoms with van der Waals surface area (Å²) in [4.78, 5) is 12.0. The summed E-state index contributed by atoms with van der Waals surface area (Å²) in [7, 11) is -2.90. The molecule has 1 aromatic rings. The Bertz CT molecular complexity index is 651. The normalized spacial score (nSPS) is 20.0. The van der Waals surface area contributed by atoms with Crippen LogP contribution in [0.5, 0.6) is 0 Å². The zero-order valence-electron chi connectivity index (χ0n) is 13.3. The standard InChI is InChI=1S/C14H24N4O3S/c1-4-6-18-11(3)13(10(2)17-18)16-14(19)15-8-12-5-7-22(20,21)9-12/h12H,4-9H2,1-3H3,(H2,15,16,19). The molecule has 124 valence electrons. The minimum atomic E-state index is -2.90. The van der Waals surface area contributed by atoms with Gasteiger partial charge in [-0.15, -0.1) is 0 Å². The molecular weight excluding hydrogens is 304 g/mol. The molecule has 1 fully saturated rings. The van der Waals surface area contributed by atoms with Gasteiger partial charge in [0.1, 0.15) is 0 Å². The van der Waals surface area contributed by atoms with Crippen LogP contribution in [-0.4, -0.2) is 42.3 Å². The van der Waals surface area contributed by atoms with E-state index in [0.717, 1.165) is 30.0 Å². The Morgan fingerprint density at radius 2 is 2.14 bits per heavy atom. The molecule has 1 aromatic heterocycles. The number of aromatic nitrogens is 2. The van der Waals surface area contributed by atoms with E-state index in [2.05, 4.69) is 22.7 Å². The van der Waals surface area contributed by atoms with Crippen molar-refractivity contribution in [3.05, 3.63) is 11.4 Å². The van der Waals surface area contributed by atoms with Gasteiger partial charge in [-0.25, -0.2) is 13.2 Å². The number of carbonyl (C=O) groups excluding carboxylic acids is 1. The molecule has 0 aliphatic carbocycles. The first-order chi connectivity index (χ1) is 10.3. The molecule has 22 heavy (non-hydrogen) atoms. The Balaban J connectivity index is 1.90. The molecule has 0 saturated carbocycles. The number of aryl methyl sites for hydroxylation is 2. The first-order valence-corrected chi connectivity index (χ1v) is 9.44. The van der Waals surface area contributed by atoms with Crippen molar-refractivity contribution in [2.24, 2.45) is 5.92 Å². The van der Waals surface area contributed by atoms with Gasteiger partial charge in [-0.1, -0.05) is 6.92 Å². The molecule has 1 saturated heterocycles. The lowest BCUT2D eigenvalue weighted by atomic mass is 10.1. The van der Waals surface area contributed by atoms with Crippen LogP contribution in [0.4, 0.5) is 10.5 Å². The fraction of sp³-hybridized carbons (Fsp3) is 0.714. The largest absolute Gasteiger partial charge is 0.338 e. The number of rotatable bonds is 5. The van der Waals surface area contributed by atoms with Gasteiger partial charge in [0.25, 0.3) is 0 Å². The molecule has 0 bridgehead atoms. The molecule has 7 nitrogen and oxygen atoms in total. The number of amides is 2. The van der Waals surface area contributed by atoms with Crippen LogP contribution in [0.3, 0.4) is 0 Å². The van der Waals surface area contributed by atoms with Crippen molar-refractivity contribution in [2.75, 3.05) is 23.4 Å². The summed E-state index contributed by atoms with van der Waals surface area (Å²) in [5, 5.41) is 9.98. The third kappa shape index (κ3) is 4.00. The van der Waals surface area contributed by atoms with Gasteiger partial charge in [0.05, 0.1) is 28.6 Å². The minimum absolute atomic E-state index is 0.0146. The van der Waals surface area contributed by atoms with Gasteiger partial charge < -0.3 is 10.6 Å². The summed E-state index contributed by atoms with van der Waals surface area (Å²) < 4.78 is 24.7. The van der Waals surface area contributed by atoms with Crippen LogP contribution in [-0.2, 0) is 16.4 Å². The van der Waals surface area contributed by atoms with Gasteiger partial charge in [-0.3, -0.25) is 4.68 Å². The SMILES string of the molecule is CCCn1nc(C)c(NC(=O)NCC2CCS(=O)(=O)C2)c1C. The summed E-state index contributed by atoms with van der Waals surface area (Å²) in [6.45, 7) is 7.06. The maximum absolute atomic E-state index is 12.0. The number of carbonyl (C=O) groups is 1. The maximum atomic E-state index is 12.0. The number of nitrogens with zero attached hydrogens (tertiary/aromatic N) is 2. The average Bonchev–Trinajstić information content (AvgIpc) is 2.91. The van der Waals surface area contributed by atoms with Gasteiger partial charge in [0.15, 0.2) is 9.84 Å². The molecule has 2 N–H and O–H groups in total. The van der Waals surface area contributed by atoms with Gasteiger partial charge in [0.2, 0.25) is 0 Å². The molecular formula is C14H24N4O3S. The average molecular weight is 328 g/mol. The second kappa shape index (κ2) is 6.68. The minimum Gasteiger partial charge on any atom is -0.338 e. The first kappa shape index (κ1) is 16.8. The third-order valence-electron chi connectivity index (χ3n) is 3.93. The number of anilines is 1. The Kier molecular flexibility index (Phi) is 5.10. The summed E-state index contributed by atoms with van der Waals surface area (Å²) in [5.41, 5.74) is 2.44. The number of hydrogen-bond donors (Lipinski definition) is 2. The highest BCUT2D eigenvalue weighted by atomic mass is 32.2. The van der Waals surface area contributed by atoms with Crippen molar-refractivity contribution in [1.29, 1.82) is 0 Å². The number of nitrogens with one attached hydrogen (secondary N) is 2. The molecule has 1 atom stereocenters. The summed E-state index contributed by atoms with van der Waals surface area (Å²) >= 11 is 0. The molecule has 2 heterocycles. The number of hydrogen-bond acceptors (Lipinski definition) is 4. The lowest BCUT2D eigenvalue weighted by Crippen LogP contribution is -2.33. The summed E-state index contributed by atoms with van der Waals surface area (Å²) in [6, 6.07) is -0.313. The molecule has 2 rings (SSSR count). The highest BCUT2D eigenvalue weighted by molar-refractivity contribution is 7.91. The van der Waals surface area contributed by atoms with Gasteiger partial charge >= 0.3 is 6.03 Å². The fourth-order valence-electron chi connectivity index (χ4n) is 2.74. The number of sulfone groups is 1. The van der Waals surface area contributed by atoms with E-state index in [4.69, 9.17) is 0 Å². The molecule has 0 radical (unpaired) electrons. The van der Waals surface area contributed by atoms with Crippen molar-refractivity contribution in [3.8, 4) is 0 Å². The van der Waals surface area contributed by atoms with E-state index in [1.807, 2.05) is 18.5 Å². The van der Waals surface area contributed by atoms with Crippen molar-refractivity contribution < 1.29 is 13.2 Å². The lowest BCUT2D eigenvalue weighted by molar-refractivity contribution is 0.250. The monoisotopic (exact) mass is 328 g/mol. The maximum Gasteiger partial charge on any atom is 0.319 e. The van der Waals surface area contributed by atoms with E-state index in [1.54, 1.807) is 0 Å². The van der Waals surface area contributed by atoms with Crippen LogP contribution < -0.4 is 10.6 Å². The predicted octanol–water partition coefficient (Wildman–Crippen LogP) is 1.47. The summed E-state index contributed by atoms with van der Waals surface area (Å²) in [5.74, 6) is 0.406. The van der Waals surface area contributed by atoms with Crippen molar-refractivity contribution in [2.45, 2.75) is 40.2 Å². The molecule has 0 aromatic carbocycles. The van der Waals surface area contributed by atoms with Crippen LogP contribution in [0.1, 0.15) is 31.2 Å². The molecule has 0 spiro atoms. The Labute approximate surface area is 131 Å². The van der Waals surface area contributed by atoms with Crippen LogP contribution in [0.25, 0.3) is 0 Å². The second-order valence-electron chi connectivity index (χ2n) is 5.87. The molecule has 8 heteroatoms. The van der Waals surface area contributed by atoms with Gasteiger partial charge in [-0.2, -0.15) is 5.10 Å².